The number of rotatable bonds is 4. The van der Waals surface area contributed by atoms with E-state index in [0.717, 1.165) is 16.8 Å². The maximum atomic E-state index is 12.6. The molecule has 0 heterocycles. The zero-order valence-electron chi connectivity index (χ0n) is 10.5. The van der Waals surface area contributed by atoms with Crippen LogP contribution in [0.1, 0.15) is 23.1 Å². The number of aryl methyl sites for hydroxylation is 1. The maximum absolute atomic E-state index is 12.6. The SMILES string of the molecule is Cc1ccc(Cl)c(NCc2cccc(C(F)F)c2)c1. The standard InChI is InChI=1S/C15H14ClF2N/c1-10-5-6-13(16)14(7-10)19-9-11-3-2-4-12(8-11)15(17)18/h2-8,15,19H,9H2,1H3. The molecule has 100 valence electrons. The van der Waals surface area contributed by atoms with Crippen molar-refractivity contribution in [2.45, 2.75) is 19.9 Å². The monoisotopic (exact) mass is 281 g/mol. The van der Waals surface area contributed by atoms with Crippen LogP contribution in [0.15, 0.2) is 42.5 Å². The molecule has 0 amide bonds. The van der Waals surface area contributed by atoms with E-state index >= 15 is 0 Å². The van der Waals surface area contributed by atoms with Crippen molar-refractivity contribution in [3.8, 4) is 0 Å². The van der Waals surface area contributed by atoms with E-state index in [9.17, 15) is 8.78 Å². The fourth-order valence-electron chi connectivity index (χ4n) is 1.81. The quantitative estimate of drug-likeness (QED) is 0.812. The number of hydrogen-bond acceptors (Lipinski definition) is 1. The van der Waals surface area contributed by atoms with Crippen LogP contribution >= 0.6 is 11.6 Å². The number of halogens is 3. The lowest BCUT2D eigenvalue weighted by Crippen LogP contribution is -2.01. The number of alkyl halides is 2. The molecule has 4 heteroatoms. The Bertz CT molecular complexity index is 570. The smallest absolute Gasteiger partial charge is 0.263 e. The van der Waals surface area contributed by atoms with E-state index in [-0.39, 0.29) is 5.56 Å². The van der Waals surface area contributed by atoms with Crippen LogP contribution in [0.5, 0.6) is 0 Å². The molecule has 0 aliphatic rings. The molecule has 0 radical (unpaired) electrons. The Morgan fingerprint density at radius 1 is 1.16 bits per heavy atom. The van der Waals surface area contributed by atoms with E-state index < -0.39 is 6.43 Å². The second kappa shape index (κ2) is 6.02. The van der Waals surface area contributed by atoms with Crippen LogP contribution in [0.3, 0.4) is 0 Å². The molecule has 0 bridgehead atoms. The zero-order chi connectivity index (χ0) is 13.8. The molecule has 1 nitrogen and oxygen atoms in total. The van der Waals surface area contributed by atoms with Gasteiger partial charge in [-0.2, -0.15) is 0 Å². The summed E-state index contributed by atoms with van der Waals surface area (Å²) in [4.78, 5) is 0. The summed E-state index contributed by atoms with van der Waals surface area (Å²) in [6.45, 7) is 2.43. The summed E-state index contributed by atoms with van der Waals surface area (Å²) < 4.78 is 25.2. The van der Waals surface area contributed by atoms with Gasteiger partial charge in [-0.3, -0.25) is 0 Å². The highest BCUT2D eigenvalue weighted by atomic mass is 35.5. The van der Waals surface area contributed by atoms with Gasteiger partial charge in [0.2, 0.25) is 0 Å². The highest BCUT2D eigenvalue weighted by molar-refractivity contribution is 6.33. The molecule has 0 aliphatic heterocycles. The molecule has 2 aromatic carbocycles. The van der Waals surface area contributed by atoms with Crippen molar-refractivity contribution in [2.75, 3.05) is 5.32 Å². The molecule has 19 heavy (non-hydrogen) atoms. The lowest BCUT2D eigenvalue weighted by molar-refractivity contribution is 0.151. The van der Waals surface area contributed by atoms with E-state index in [1.54, 1.807) is 6.07 Å². The summed E-state index contributed by atoms with van der Waals surface area (Å²) in [6, 6.07) is 12.0. The largest absolute Gasteiger partial charge is 0.380 e. The van der Waals surface area contributed by atoms with Crippen LogP contribution in [0.25, 0.3) is 0 Å². The van der Waals surface area contributed by atoms with Gasteiger partial charge in [0.25, 0.3) is 6.43 Å². The van der Waals surface area contributed by atoms with Gasteiger partial charge in [0.15, 0.2) is 0 Å². The average Bonchev–Trinajstić information content (AvgIpc) is 2.40. The Hall–Kier alpha value is -1.61. The van der Waals surface area contributed by atoms with Gasteiger partial charge < -0.3 is 5.32 Å². The van der Waals surface area contributed by atoms with Gasteiger partial charge >= 0.3 is 0 Å². The van der Waals surface area contributed by atoms with E-state index in [0.29, 0.717) is 11.6 Å². The molecule has 0 spiro atoms. The van der Waals surface area contributed by atoms with E-state index in [1.807, 2.05) is 31.2 Å². The Morgan fingerprint density at radius 3 is 2.68 bits per heavy atom. The summed E-state index contributed by atoms with van der Waals surface area (Å²) in [5.74, 6) is 0. The highest BCUT2D eigenvalue weighted by Crippen LogP contribution is 2.24. The number of anilines is 1. The first-order chi connectivity index (χ1) is 9.06. The van der Waals surface area contributed by atoms with Gasteiger partial charge in [-0.1, -0.05) is 35.9 Å². The summed E-state index contributed by atoms with van der Waals surface area (Å²) in [7, 11) is 0. The fraction of sp³-hybridized carbons (Fsp3) is 0.200. The van der Waals surface area contributed by atoms with Crippen LogP contribution in [-0.2, 0) is 6.54 Å². The summed E-state index contributed by atoms with van der Waals surface area (Å²) in [5.41, 5.74) is 2.74. The minimum atomic E-state index is -2.44. The zero-order valence-corrected chi connectivity index (χ0v) is 11.2. The minimum absolute atomic E-state index is 0.0367. The predicted molar refractivity (Wildman–Crippen MR) is 74.9 cm³/mol. The normalized spacial score (nSPS) is 10.8. The third kappa shape index (κ3) is 3.67. The number of benzene rings is 2. The Labute approximate surface area is 116 Å². The molecular formula is C15H14ClF2N. The van der Waals surface area contributed by atoms with Crippen LogP contribution in [-0.4, -0.2) is 0 Å². The fourth-order valence-corrected chi connectivity index (χ4v) is 2.00. The second-order valence-corrected chi connectivity index (χ2v) is 4.79. The van der Waals surface area contributed by atoms with Crippen molar-refractivity contribution in [1.29, 1.82) is 0 Å². The van der Waals surface area contributed by atoms with Gasteiger partial charge in [-0.25, -0.2) is 8.78 Å². The summed E-state index contributed by atoms with van der Waals surface area (Å²) in [5, 5.41) is 3.78. The van der Waals surface area contributed by atoms with Crippen LogP contribution in [0, 0.1) is 6.92 Å². The van der Waals surface area contributed by atoms with Crippen molar-refractivity contribution in [2.24, 2.45) is 0 Å². The van der Waals surface area contributed by atoms with Gasteiger partial charge in [0.05, 0.1) is 10.7 Å². The lowest BCUT2D eigenvalue weighted by Gasteiger charge is -2.10. The Kier molecular flexibility index (Phi) is 4.38. The number of hydrogen-bond donors (Lipinski definition) is 1. The van der Waals surface area contributed by atoms with E-state index in [4.69, 9.17) is 11.6 Å². The molecule has 2 rings (SSSR count). The van der Waals surface area contributed by atoms with Crippen molar-refractivity contribution in [3.63, 3.8) is 0 Å². The first kappa shape index (κ1) is 13.8. The van der Waals surface area contributed by atoms with Crippen LogP contribution in [0.2, 0.25) is 5.02 Å². The first-order valence-corrected chi connectivity index (χ1v) is 6.31. The van der Waals surface area contributed by atoms with Gasteiger partial charge in [0, 0.05) is 12.1 Å². The first-order valence-electron chi connectivity index (χ1n) is 5.93. The third-order valence-corrected chi connectivity index (χ3v) is 3.14. The lowest BCUT2D eigenvalue weighted by atomic mass is 10.1. The third-order valence-electron chi connectivity index (χ3n) is 2.81. The number of nitrogens with one attached hydrogen (secondary N) is 1. The molecule has 0 atom stereocenters. The second-order valence-electron chi connectivity index (χ2n) is 4.38. The molecule has 0 fully saturated rings. The van der Waals surface area contributed by atoms with Crippen molar-refractivity contribution in [3.05, 3.63) is 64.2 Å². The Morgan fingerprint density at radius 2 is 1.95 bits per heavy atom. The van der Waals surface area contributed by atoms with Gasteiger partial charge in [-0.15, -0.1) is 0 Å². The molecule has 0 saturated heterocycles. The molecule has 0 aromatic heterocycles. The molecule has 0 saturated carbocycles. The van der Waals surface area contributed by atoms with Crippen LogP contribution in [0.4, 0.5) is 14.5 Å². The summed E-state index contributed by atoms with van der Waals surface area (Å²) in [6.07, 6.45) is -2.44. The molecule has 2 aromatic rings. The summed E-state index contributed by atoms with van der Waals surface area (Å²) >= 11 is 6.06. The maximum Gasteiger partial charge on any atom is 0.263 e. The van der Waals surface area contributed by atoms with Crippen molar-refractivity contribution < 1.29 is 8.78 Å². The molecule has 0 aliphatic carbocycles. The molecule has 0 unspecified atom stereocenters. The topological polar surface area (TPSA) is 12.0 Å². The average molecular weight is 282 g/mol. The predicted octanol–water partition coefficient (Wildman–Crippen LogP) is 5.20. The van der Waals surface area contributed by atoms with E-state index in [2.05, 4.69) is 5.32 Å². The highest BCUT2D eigenvalue weighted by Gasteiger charge is 2.07. The van der Waals surface area contributed by atoms with E-state index in [1.165, 1.54) is 12.1 Å². The van der Waals surface area contributed by atoms with Crippen molar-refractivity contribution in [1.82, 2.24) is 0 Å². The molecule has 1 N–H and O–H groups in total. The molecular weight excluding hydrogens is 268 g/mol. The minimum Gasteiger partial charge on any atom is -0.380 e. The van der Waals surface area contributed by atoms with Gasteiger partial charge in [-0.05, 0) is 36.2 Å². The Balaban J connectivity index is 2.10. The van der Waals surface area contributed by atoms with Crippen LogP contribution < -0.4 is 5.32 Å². The van der Waals surface area contributed by atoms with Crippen molar-refractivity contribution >= 4 is 17.3 Å². The van der Waals surface area contributed by atoms with Gasteiger partial charge in [0.1, 0.15) is 0 Å².